The Hall–Kier alpha value is -3.41. The van der Waals surface area contributed by atoms with Crippen LogP contribution in [0, 0.1) is 6.92 Å². The fraction of sp³-hybridized carbons (Fsp3) is 0.150. The molecule has 2 aliphatic heterocycles. The van der Waals surface area contributed by atoms with Gasteiger partial charge in [-0.1, -0.05) is 30.3 Å². The number of aromatic nitrogens is 2. The van der Waals surface area contributed by atoms with E-state index in [1.165, 1.54) is 0 Å². The highest BCUT2D eigenvalue weighted by molar-refractivity contribution is 6.14. The van der Waals surface area contributed by atoms with Crippen LogP contribution >= 0.6 is 0 Å². The first-order valence-electron chi connectivity index (χ1n) is 8.46. The molecule has 128 valence electrons. The molecule has 0 aliphatic carbocycles. The predicted octanol–water partition coefficient (Wildman–Crippen LogP) is 2.76. The molecule has 6 nitrogen and oxygen atoms in total. The zero-order chi connectivity index (χ0) is 17.9. The third-order valence-electron chi connectivity index (χ3n) is 5.18. The SMILES string of the molecule is Cc1cccc(-n2ncc3c2NC(=O)C[C@]32C(=O)Nc3ccccc32)c1. The molecule has 0 unspecified atom stereocenters. The van der Waals surface area contributed by atoms with Gasteiger partial charge in [0.2, 0.25) is 11.8 Å². The molecular formula is C20H16N4O2. The molecule has 3 aromatic rings. The fourth-order valence-electron chi connectivity index (χ4n) is 4.01. The number of nitrogens with zero attached hydrogens (tertiary/aromatic N) is 2. The summed E-state index contributed by atoms with van der Waals surface area (Å²) in [4.78, 5) is 25.5. The van der Waals surface area contributed by atoms with Crippen molar-refractivity contribution in [2.75, 3.05) is 10.6 Å². The number of carbonyl (C=O) groups is 2. The summed E-state index contributed by atoms with van der Waals surface area (Å²) in [5, 5.41) is 10.3. The maximum absolute atomic E-state index is 13.0. The average Bonchev–Trinajstić information content (AvgIpc) is 3.16. The second-order valence-electron chi connectivity index (χ2n) is 6.79. The van der Waals surface area contributed by atoms with Crippen molar-refractivity contribution in [1.82, 2.24) is 9.78 Å². The highest BCUT2D eigenvalue weighted by atomic mass is 16.2. The molecule has 6 heteroatoms. The summed E-state index contributed by atoms with van der Waals surface area (Å²) in [5.41, 5.74) is 3.20. The Kier molecular flexibility index (Phi) is 2.89. The van der Waals surface area contributed by atoms with Crippen molar-refractivity contribution in [2.24, 2.45) is 0 Å². The van der Waals surface area contributed by atoms with Crippen LogP contribution < -0.4 is 10.6 Å². The van der Waals surface area contributed by atoms with Crippen LogP contribution in [0.1, 0.15) is 23.1 Å². The van der Waals surface area contributed by atoms with Crippen molar-refractivity contribution < 1.29 is 9.59 Å². The summed E-state index contributed by atoms with van der Waals surface area (Å²) in [6.07, 6.45) is 1.77. The highest BCUT2D eigenvalue weighted by Crippen LogP contribution is 2.49. The first kappa shape index (κ1) is 14.9. The molecule has 0 saturated heterocycles. The number of nitrogens with one attached hydrogen (secondary N) is 2. The Morgan fingerprint density at radius 1 is 1.04 bits per heavy atom. The van der Waals surface area contributed by atoms with E-state index in [9.17, 15) is 9.59 Å². The van der Waals surface area contributed by atoms with Crippen molar-refractivity contribution >= 4 is 23.3 Å². The molecule has 0 radical (unpaired) electrons. The molecule has 2 amide bonds. The largest absolute Gasteiger partial charge is 0.325 e. The van der Waals surface area contributed by atoms with Gasteiger partial charge in [0.1, 0.15) is 11.2 Å². The standard InChI is InChI=1S/C20H16N4O2/c1-12-5-4-6-13(9-12)24-18-15(11-21-24)20(10-17(25)23-18)14-7-2-3-8-16(14)22-19(20)26/h2-9,11H,10H2,1H3,(H,22,26)(H,23,25)/t20-/m1/s1. The lowest BCUT2D eigenvalue weighted by Crippen LogP contribution is -2.43. The minimum absolute atomic E-state index is 0.0718. The summed E-state index contributed by atoms with van der Waals surface area (Å²) >= 11 is 0. The molecule has 0 fully saturated rings. The molecule has 1 atom stereocenters. The van der Waals surface area contributed by atoms with E-state index in [-0.39, 0.29) is 18.2 Å². The molecule has 0 saturated carbocycles. The lowest BCUT2D eigenvalue weighted by molar-refractivity contribution is -0.125. The van der Waals surface area contributed by atoms with Crippen molar-refractivity contribution in [3.63, 3.8) is 0 Å². The Bertz CT molecular complexity index is 1080. The normalized spacial score (nSPS) is 20.5. The van der Waals surface area contributed by atoms with Crippen LogP contribution in [0.3, 0.4) is 0 Å². The Labute approximate surface area is 149 Å². The summed E-state index contributed by atoms with van der Waals surface area (Å²) in [6, 6.07) is 15.4. The number of amides is 2. The molecule has 2 aliphatic rings. The smallest absolute Gasteiger partial charge is 0.240 e. The van der Waals surface area contributed by atoms with Crippen LogP contribution in [-0.2, 0) is 15.0 Å². The van der Waals surface area contributed by atoms with Crippen LogP contribution in [0.5, 0.6) is 0 Å². The number of hydrogen-bond acceptors (Lipinski definition) is 3. The number of fused-ring (bicyclic) bond motifs is 4. The molecular weight excluding hydrogens is 328 g/mol. The molecule has 2 aromatic carbocycles. The van der Waals surface area contributed by atoms with Gasteiger partial charge in [0, 0.05) is 17.7 Å². The topological polar surface area (TPSA) is 76.0 Å². The van der Waals surface area contributed by atoms with Gasteiger partial charge in [-0.05, 0) is 36.2 Å². The third-order valence-corrected chi connectivity index (χ3v) is 5.18. The van der Waals surface area contributed by atoms with Gasteiger partial charge in [-0.2, -0.15) is 5.10 Å². The van der Waals surface area contributed by atoms with E-state index in [1.807, 2.05) is 55.5 Å². The van der Waals surface area contributed by atoms with Gasteiger partial charge in [0.05, 0.1) is 11.9 Å². The lowest BCUT2D eigenvalue weighted by Gasteiger charge is -2.31. The number of hydrogen-bond donors (Lipinski definition) is 2. The number of para-hydroxylation sites is 1. The second kappa shape index (κ2) is 5.05. The molecule has 5 rings (SSSR count). The van der Waals surface area contributed by atoms with Gasteiger partial charge < -0.3 is 10.6 Å². The van der Waals surface area contributed by atoms with E-state index in [4.69, 9.17) is 0 Å². The zero-order valence-corrected chi connectivity index (χ0v) is 14.1. The maximum Gasteiger partial charge on any atom is 0.240 e. The first-order chi connectivity index (χ1) is 12.6. The van der Waals surface area contributed by atoms with E-state index in [0.717, 1.165) is 28.1 Å². The van der Waals surface area contributed by atoms with Crippen molar-refractivity contribution in [1.29, 1.82) is 0 Å². The minimum Gasteiger partial charge on any atom is -0.325 e. The van der Waals surface area contributed by atoms with Gasteiger partial charge in [0.25, 0.3) is 0 Å². The summed E-state index contributed by atoms with van der Waals surface area (Å²) in [7, 11) is 0. The molecule has 1 spiro atoms. The minimum atomic E-state index is -1.03. The van der Waals surface area contributed by atoms with Crippen LogP contribution in [0.15, 0.2) is 54.7 Å². The number of anilines is 2. The van der Waals surface area contributed by atoms with Crippen molar-refractivity contribution in [3.05, 3.63) is 71.4 Å². The molecule has 3 heterocycles. The van der Waals surface area contributed by atoms with E-state index >= 15 is 0 Å². The van der Waals surface area contributed by atoms with Gasteiger partial charge in [-0.15, -0.1) is 0 Å². The van der Waals surface area contributed by atoms with E-state index in [1.54, 1.807) is 10.9 Å². The molecule has 2 N–H and O–H groups in total. The summed E-state index contributed by atoms with van der Waals surface area (Å²) in [5.74, 6) is 0.177. The van der Waals surface area contributed by atoms with E-state index < -0.39 is 5.41 Å². The molecule has 1 aromatic heterocycles. The van der Waals surface area contributed by atoms with Crippen LogP contribution in [-0.4, -0.2) is 21.6 Å². The van der Waals surface area contributed by atoms with E-state index in [2.05, 4.69) is 15.7 Å². The quantitative estimate of drug-likeness (QED) is 0.713. The number of carbonyl (C=O) groups excluding carboxylic acids is 2. The highest BCUT2D eigenvalue weighted by Gasteiger charge is 2.54. The second-order valence-corrected chi connectivity index (χ2v) is 6.79. The Balaban J connectivity index is 1.77. The predicted molar refractivity (Wildman–Crippen MR) is 97.4 cm³/mol. The first-order valence-corrected chi connectivity index (χ1v) is 8.46. The lowest BCUT2D eigenvalue weighted by atomic mass is 9.72. The van der Waals surface area contributed by atoms with Crippen LogP contribution in [0.25, 0.3) is 5.69 Å². The number of benzene rings is 2. The van der Waals surface area contributed by atoms with Crippen LogP contribution in [0.4, 0.5) is 11.5 Å². The number of rotatable bonds is 1. The fourth-order valence-corrected chi connectivity index (χ4v) is 4.01. The average molecular weight is 344 g/mol. The number of aryl methyl sites for hydroxylation is 1. The summed E-state index contributed by atoms with van der Waals surface area (Å²) in [6.45, 7) is 2.00. The Morgan fingerprint density at radius 3 is 2.73 bits per heavy atom. The van der Waals surface area contributed by atoms with Crippen molar-refractivity contribution in [3.8, 4) is 5.69 Å². The molecule has 26 heavy (non-hydrogen) atoms. The summed E-state index contributed by atoms with van der Waals surface area (Å²) < 4.78 is 1.69. The Morgan fingerprint density at radius 2 is 1.88 bits per heavy atom. The third kappa shape index (κ3) is 1.84. The van der Waals surface area contributed by atoms with Gasteiger partial charge in [0.15, 0.2) is 0 Å². The van der Waals surface area contributed by atoms with Gasteiger partial charge >= 0.3 is 0 Å². The van der Waals surface area contributed by atoms with Gasteiger partial charge in [-0.25, -0.2) is 4.68 Å². The monoisotopic (exact) mass is 344 g/mol. The zero-order valence-electron chi connectivity index (χ0n) is 14.1. The van der Waals surface area contributed by atoms with E-state index in [0.29, 0.717) is 5.82 Å². The molecule has 0 bridgehead atoms. The van der Waals surface area contributed by atoms with Gasteiger partial charge in [-0.3, -0.25) is 9.59 Å². The van der Waals surface area contributed by atoms with Crippen LogP contribution in [0.2, 0.25) is 0 Å². The maximum atomic E-state index is 13.0. The van der Waals surface area contributed by atoms with Crippen molar-refractivity contribution in [2.45, 2.75) is 18.8 Å².